The van der Waals surface area contributed by atoms with Crippen molar-refractivity contribution in [3.8, 4) is 0 Å². The van der Waals surface area contributed by atoms with Gasteiger partial charge in [0.2, 0.25) is 0 Å². The van der Waals surface area contributed by atoms with Crippen LogP contribution in [0.25, 0.3) is 0 Å². The number of rotatable bonds is 4. The number of ether oxygens (including phenoxy) is 1. The molecule has 24 heavy (non-hydrogen) atoms. The molecule has 9 nitrogen and oxygen atoms in total. The Morgan fingerprint density at radius 3 is 2.50 bits per heavy atom. The Kier molecular flexibility index (Phi) is 7.90. The molecule has 0 aliphatic carbocycles. The molecule has 1 aromatic heterocycles. The van der Waals surface area contributed by atoms with Crippen molar-refractivity contribution in [3.63, 3.8) is 0 Å². The summed E-state index contributed by atoms with van der Waals surface area (Å²) in [4.78, 5) is 24.7. The zero-order chi connectivity index (χ0) is 18.0. The SMILES string of the molecule is CC(C)(C)OC=O.CON=Cc1c(N)ncnc1N1CCNCC1. The van der Waals surface area contributed by atoms with Gasteiger partial charge in [0, 0.05) is 26.2 Å². The quantitative estimate of drug-likeness (QED) is 0.461. The van der Waals surface area contributed by atoms with Gasteiger partial charge in [-0.1, -0.05) is 5.16 Å². The van der Waals surface area contributed by atoms with E-state index < -0.39 is 0 Å². The zero-order valence-electron chi connectivity index (χ0n) is 14.7. The van der Waals surface area contributed by atoms with Crippen LogP contribution in [0.4, 0.5) is 11.6 Å². The van der Waals surface area contributed by atoms with E-state index in [0.717, 1.165) is 32.0 Å². The van der Waals surface area contributed by atoms with Gasteiger partial charge in [0.25, 0.3) is 6.47 Å². The Labute approximate surface area is 142 Å². The number of carbonyl (C=O) groups is 1. The summed E-state index contributed by atoms with van der Waals surface area (Å²) in [5.41, 5.74) is 6.22. The first kappa shape index (κ1) is 19.6. The van der Waals surface area contributed by atoms with Crippen molar-refractivity contribution in [2.45, 2.75) is 26.4 Å². The van der Waals surface area contributed by atoms with E-state index in [1.807, 2.05) is 20.8 Å². The van der Waals surface area contributed by atoms with Gasteiger partial charge in [-0.3, -0.25) is 4.79 Å². The second kappa shape index (κ2) is 9.66. The van der Waals surface area contributed by atoms with Gasteiger partial charge in [-0.05, 0) is 20.8 Å². The molecule has 134 valence electrons. The molecular weight excluding hydrogens is 312 g/mol. The van der Waals surface area contributed by atoms with Crippen LogP contribution in [0.1, 0.15) is 26.3 Å². The summed E-state index contributed by atoms with van der Waals surface area (Å²) in [5, 5.41) is 7.02. The molecule has 0 spiro atoms. The molecular formula is C15H26N6O3. The van der Waals surface area contributed by atoms with Gasteiger partial charge in [-0.25, -0.2) is 9.97 Å². The summed E-state index contributed by atoms with van der Waals surface area (Å²) in [5.74, 6) is 1.22. The van der Waals surface area contributed by atoms with E-state index in [4.69, 9.17) is 5.73 Å². The summed E-state index contributed by atoms with van der Waals surface area (Å²) < 4.78 is 4.55. The number of nitrogen functional groups attached to an aromatic ring is 1. The zero-order valence-corrected chi connectivity index (χ0v) is 14.7. The number of aromatic nitrogens is 2. The Hall–Kier alpha value is -2.42. The first-order valence-corrected chi connectivity index (χ1v) is 7.63. The largest absolute Gasteiger partial charge is 0.462 e. The minimum absolute atomic E-state index is 0.318. The number of nitrogens with two attached hydrogens (primary N) is 1. The number of oxime groups is 1. The Bertz CT molecular complexity index is 539. The van der Waals surface area contributed by atoms with Gasteiger partial charge < -0.3 is 25.5 Å². The van der Waals surface area contributed by atoms with Crippen LogP contribution < -0.4 is 16.0 Å². The Morgan fingerprint density at radius 1 is 1.33 bits per heavy atom. The molecule has 0 radical (unpaired) electrons. The van der Waals surface area contributed by atoms with Crippen LogP contribution in [0.2, 0.25) is 0 Å². The number of hydrogen-bond donors (Lipinski definition) is 2. The van der Waals surface area contributed by atoms with Crippen LogP contribution in [-0.2, 0) is 14.4 Å². The van der Waals surface area contributed by atoms with Crippen LogP contribution >= 0.6 is 0 Å². The number of anilines is 2. The Morgan fingerprint density at radius 2 is 2.00 bits per heavy atom. The smallest absolute Gasteiger partial charge is 0.293 e. The van der Waals surface area contributed by atoms with Gasteiger partial charge in [-0.2, -0.15) is 0 Å². The van der Waals surface area contributed by atoms with E-state index in [9.17, 15) is 4.79 Å². The van der Waals surface area contributed by atoms with Crippen molar-refractivity contribution >= 4 is 24.3 Å². The lowest BCUT2D eigenvalue weighted by Gasteiger charge is -2.29. The molecule has 0 amide bonds. The fourth-order valence-corrected chi connectivity index (χ4v) is 1.90. The van der Waals surface area contributed by atoms with Crippen molar-refractivity contribution in [3.05, 3.63) is 11.9 Å². The van der Waals surface area contributed by atoms with Crippen molar-refractivity contribution in [2.75, 3.05) is 43.9 Å². The second-order valence-corrected chi connectivity index (χ2v) is 5.98. The maximum atomic E-state index is 9.60. The first-order chi connectivity index (χ1) is 11.4. The summed E-state index contributed by atoms with van der Waals surface area (Å²) >= 11 is 0. The average molecular weight is 338 g/mol. The van der Waals surface area contributed by atoms with Crippen LogP contribution in [0.3, 0.4) is 0 Å². The summed E-state index contributed by atoms with van der Waals surface area (Å²) in [6.07, 6.45) is 3.02. The molecule has 0 atom stereocenters. The van der Waals surface area contributed by atoms with Crippen molar-refractivity contribution in [2.24, 2.45) is 5.16 Å². The van der Waals surface area contributed by atoms with Gasteiger partial charge >= 0.3 is 0 Å². The number of nitrogens with zero attached hydrogens (tertiary/aromatic N) is 4. The highest BCUT2D eigenvalue weighted by Gasteiger charge is 2.17. The Balaban J connectivity index is 0.000000351. The molecule has 1 aromatic rings. The molecule has 9 heteroatoms. The predicted molar refractivity (Wildman–Crippen MR) is 93.0 cm³/mol. The molecule has 2 heterocycles. The molecule has 0 aromatic carbocycles. The van der Waals surface area contributed by atoms with Crippen LogP contribution in [0, 0.1) is 0 Å². The highest BCUT2D eigenvalue weighted by molar-refractivity contribution is 5.91. The molecule has 1 fully saturated rings. The predicted octanol–water partition coefficient (Wildman–Crippen LogP) is 0.407. The third-order valence-corrected chi connectivity index (χ3v) is 3.00. The highest BCUT2D eigenvalue weighted by Crippen LogP contribution is 2.19. The van der Waals surface area contributed by atoms with E-state index >= 15 is 0 Å². The van der Waals surface area contributed by atoms with E-state index in [1.54, 1.807) is 6.21 Å². The van der Waals surface area contributed by atoms with Crippen LogP contribution in [-0.4, -0.2) is 61.5 Å². The van der Waals surface area contributed by atoms with Gasteiger partial charge in [-0.15, -0.1) is 0 Å². The monoisotopic (exact) mass is 338 g/mol. The molecule has 1 saturated heterocycles. The van der Waals surface area contributed by atoms with Gasteiger partial charge in [0.15, 0.2) is 0 Å². The van der Waals surface area contributed by atoms with Gasteiger partial charge in [0.1, 0.15) is 30.7 Å². The normalized spacial score (nSPS) is 14.8. The molecule has 0 unspecified atom stereocenters. The van der Waals surface area contributed by atoms with E-state index in [0.29, 0.717) is 17.9 Å². The fourth-order valence-electron chi connectivity index (χ4n) is 1.90. The fraction of sp³-hybridized carbons (Fsp3) is 0.600. The van der Waals surface area contributed by atoms with E-state index in [-0.39, 0.29) is 5.60 Å². The first-order valence-electron chi connectivity index (χ1n) is 7.63. The molecule has 3 N–H and O–H groups in total. The number of hydrogen-bond acceptors (Lipinski definition) is 9. The standard InChI is InChI=1S/C10H16N6O.C5H10O2/c1-17-15-6-8-9(11)13-7-14-10(8)16-4-2-12-3-5-16;1-5(2,3)7-4-6/h6-7,12H,2-5H2,1H3,(H2,11,13,14);4H,1-3H3. The lowest BCUT2D eigenvalue weighted by molar-refractivity contribution is -0.138. The minimum Gasteiger partial charge on any atom is -0.462 e. The van der Waals surface area contributed by atoms with E-state index in [1.165, 1.54) is 13.4 Å². The lowest BCUT2D eigenvalue weighted by Crippen LogP contribution is -2.44. The minimum atomic E-state index is -0.318. The lowest BCUT2D eigenvalue weighted by atomic mass is 10.2. The summed E-state index contributed by atoms with van der Waals surface area (Å²) in [6, 6.07) is 0. The van der Waals surface area contributed by atoms with Crippen molar-refractivity contribution in [1.29, 1.82) is 0 Å². The third-order valence-electron chi connectivity index (χ3n) is 3.00. The molecule has 0 saturated carbocycles. The van der Waals surface area contributed by atoms with Crippen molar-refractivity contribution in [1.82, 2.24) is 15.3 Å². The molecule has 1 aliphatic heterocycles. The molecule has 0 bridgehead atoms. The number of carbonyl (C=O) groups excluding carboxylic acids is 1. The number of piperazine rings is 1. The van der Waals surface area contributed by atoms with Crippen LogP contribution in [0.5, 0.6) is 0 Å². The average Bonchev–Trinajstić information content (AvgIpc) is 2.54. The highest BCUT2D eigenvalue weighted by atomic mass is 16.6. The number of nitrogens with one attached hydrogen (secondary N) is 1. The second-order valence-electron chi connectivity index (χ2n) is 5.98. The van der Waals surface area contributed by atoms with Crippen molar-refractivity contribution < 1.29 is 14.4 Å². The van der Waals surface area contributed by atoms with Crippen LogP contribution in [0.15, 0.2) is 11.5 Å². The summed E-state index contributed by atoms with van der Waals surface area (Å²) in [7, 11) is 1.49. The van der Waals surface area contributed by atoms with E-state index in [2.05, 4.69) is 34.9 Å². The van der Waals surface area contributed by atoms with Gasteiger partial charge in [0.05, 0.1) is 11.8 Å². The topological polar surface area (TPSA) is 115 Å². The molecule has 2 rings (SSSR count). The third kappa shape index (κ3) is 6.78. The maximum Gasteiger partial charge on any atom is 0.293 e. The summed E-state index contributed by atoms with van der Waals surface area (Å²) in [6.45, 7) is 9.58. The maximum absolute atomic E-state index is 9.60. The molecule has 1 aliphatic rings.